The van der Waals surface area contributed by atoms with E-state index >= 15 is 0 Å². The predicted molar refractivity (Wildman–Crippen MR) is 113 cm³/mol. The summed E-state index contributed by atoms with van der Waals surface area (Å²) >= 11 is 0. The molecule has 2 saturated heterocycles. The molecule has 0 N–H and O–H groups in total. The minimum atomic E-state index is 0.681. The Morgan fingerprint density at radius 2 is 1.58 bits per heavy atom. The standard InChI is InChI=1S/C18H28N2.C2H6.CH5P/c1-16-14-17(15-19-11-6-3-7-12-19)10-13-20(16)18-8-4-2-5-9-18;2*1-2/h2,4-5,8-9,16-17H,3,6-7,10-15H2,1H3;1-2H3;2H2,1H3. The van der Waals surface area contributed by atoms with Crippen molar-refractivity contribution in [3.05, 3.63) is 30.3 Å². The SMILES string of the molecule is CC.CC1CC(CN2CCCCC2)CCN1c1ccccc1.CP. The van der Waals surface area contributed by atoms with Crippen LogP contribution in [0, 0.1) is 5.92 Å². The van der Waals surface area contributed by atoms with Crippen molar-refractivity contribution in [2.45, 2.75) is 58.9 Å². The number of rotatable bonds is 3. The van der Waals surface area contributed by atoms with Crippen LogP contribution in [-0.4, -0.2) is 43.8 Å². The zero-order valence-corrected chi connectivity index (χ0v) is 17.5. The number of para-hydroxylation sites is 1. The molecule has 0 amide bonds. The molecule has 2 nitrogen and oxygen atoms in total. The largest absolute Gasteiger partial charge is 0.369 e. The molecular formula is C21H39N2P. The zero-order chi connectivity index (χ0) is 17.8. The Hall–Kier alpha value is -0.590. The fourth-order valence-electron chi connectivity index (χ4n) is 3.95. The highest BCUT2D eigenvalue weighted by atomic mass is 31.0. The van der Waals surface area contributed by atoms with Crippen molar-refractivity contribution < 1.29 is 0 Å². The Kier molecular flexibility index (Phi) is 11.4. The average molecular weight is 351 g/mol. The zero-order valence-electron chi connectivity index (χ0n) is 16.4. The van der Waals surface area contributed by atoms with Crippen LogP contribution in [0.15, 0.2) is 30.3 Å². The van der Waals surface area contributed by atoms with Crippen LogP contribution in [0.5, 0.6) is 0 Å². The Balaban J connectivity index is 0.000000671. The quantitative estimate of drug-likeness (QED) is 0.683. The van der Waals surface area contributed by atoms with Crippen LogP contribution >= 0.6 is 9.24 Å². The summed E-state index contributed by atoms with van der Waals surface area (Å²) in [6.45, 7) is 13.6. The number of likely N-dealkylation sites (tertiary alicyclic amines) is 1. The molecule has 3 rings (SSSR count). The molecule has 1 aromatic carbocycles. The van der Waals surface area contributed by atoms with Gasteiger partial charge >= 0.3 is 0 Å². The van der Waals surface area contributed by atoms with E-state index in [-0.39, 0.29) is 0 Å². The molecule has 0 aliphatic carbocycles. The number of hydrogen-bond donors (Lipinski definition) is 0. The first-order chi connectivity index (χ1) is 11.8. The van der Waals surface area contributed by atoms with Crippen LogP contribution in [0.3, 0.4) is 0 Å². The number of nitrogens with zero attached hydrogens (tertiary/aromatic N) is 2. The van der Waals surface area contributed by atoms with Crippen LogP contribution in [0.25, 0.3) is 0 Å². The van der Waals surface area contributed by atoms with E-state index in [1.807, 2.05) is 20.5 Å². The smallest absolute Gasteiger partial charge is 0.0368 e. The molecule has 3 unspecified atom stereocenters. The summed E-state index contributed by atoms with van der Waals surface area (Å²) in [7, 11) is 2.42. The van der Waals surface area contributed by atoms with Crippen molar-refractivity contribution in [3.63, 3.8) is 0 Å². The van der Waals surface area contributed by atoms with Gasteiger partial charge in [0, 0.05) is 24.8 Å². The molecule has 24 heavy (non-hydrogen) atoms. The number of anilines is 1. The van der Waals surface area contributed by atoms with E-state index in [1.165, 1.54) is 64.0 Å². The van der Waals surface area contributed by atoms with E-state index in [0.717, 1.165) is 5.92 Å². The molecule has 2 heterocycles. The van der Waals surface area contributed by atoms with E-state index in [9.17, 15) is 0 Å². The lowest BCUT2D eigenvalue weighted by Crippen LogP contribution is -2.44. The molecule has 3 atom stereocenters. The van der Waals surface area contributed by atoms with Crippen LogP contribution in [0.2, 0.25) is 0 Å². The monoisotopic (exact) mass is 350 g/mol. The first-order valence-corrected chi connectivity index (χ1v) is 11.1. The normalized spacial score (nSPS) is 24.3. The molecule has 138 valence electrons. The second-order valence-corrected chi connectivity index (χ2v) is 6.63. The maximum Gasteiger partial charge on any atom is 0.0368 e. The van der Waals surface area contributed by atoms with Gasteiger partial charge in [-0.15, -0.1) is 9.24 Å². The van der Waals surface area contributed by atoms with E-state index < -0.39 is 0 Å². The lowest BCUT2D eigenvalue weighted by molar-refractivity contribution is 0.174. The van der Waals surface area contributed by atoms with Crippen molar-refractivity contribution in [1.82, 2.24) is 4.90 Å². The summed E-state index contributed by atoms with van der Waals surface area (Å²) in [4.78, 5) is 5.30. The third-order valence-electron chi connectivity index (χ3n) is 5.04. The third kappa shape index (κ3) is 6.73. The fraction of sp³-hybridized carbons (Fsp3) is 0.714. The van der Waals surface area contributed by atoms with E-state index in [0.29, 0.717) is 6.04 Å². The molecule has 3 heteroatoms. The van der Waals surface area contributed by atoms with Crippen molar-refractivity contribution in [3.8, 4) is 0 Å². The molecule has 0 radical (unpaired) electrons. The lowest BCUT2D eigenvalue weighted by Gasteiger charge is -2.41. The highest BCUT2D eigenvalue weighted by molar-refractivity contribution is 7.15. The van der Waals surface area contributed by atoms with Crippen LogP contribution < -0.4 is 4.90 Å². The fourth-order valence-corrected chi connectivity index (χ4v) is 3.95. The van der Waals surface area contributed by atoms with Gasteiger partial charge in [-0.25, -0.2) is 0 Å². The van der Waals surface area contributed by atoms with Gasteiger partial charge in [0.15, 0.2) is 0 Å². The molecule has 1 aromatic rings. The summed E-state index contributed by atoms with van der Waals surface area (Å²) in [5.41, 5.74) is 1.40. The Labute approximate surface area is 153 Å². The van der Waals surface area contributed by atoms with Gasteiger partial charge in [0.2, 0.25) is 0 Å². The second-order valence-electron chi connectivity index (χ2n) is 6.63. The number of benzene rings is 1. The topological polar surface area (TPSA) is 6.48 Å². The summed E-state index contributed by atoms with van der Waals surface area (Å²) < 4.78 is 0. The first-order valence-electron chi connectivity index (χ1n) is 9.95. The van der Waals surface area contributed by atoms with Crippen LogP contribution in [0.4, 0.5) is 5.69 Å². The maximum atomic E-state index is 2.71. The Bertz CT molecular complexity index is 404. The van der Waals surface area contributed by atoms with Gasteiger partial charge in [-0.05, 0) is 63.7 Å². The van der Waals surface area contributed by atoms with Crippen molar-refractivity contribution in [1.29, 1.82) is 0 Å². The Morgan fingerprint density at radius 3 is 2.17 bits per heavy atom. The molecule has 0 bridgehead atoms. The maximum absolute atomic E-state index is 2.71. The summed E-state index contributed by atoms with van der Waals surface area (Å²) in [6.07, 6.45) is 6.98. The summed E-state index contributed by atoms with van der Waals surface area (Å²) in [5.74, 6) is 0.906. The van der Waals surface area contributed by atoms with Gasteiger partial charge in [0.05, 0.1) is 0 Å². The molecule has 2 fully saturated rings. The molecular weight excluding hydrogens is 311 g/mol. The van der Waals surface area contributed by atoms with Crippen LogP contribution in [-0.2, 0) is 0 Å². The van der Waals surface area contributed by atoms with E-state index in [2.05, 4.69) is 56.3 Å². The number of piperidine rings is 2. The van der Waals surface area contributed by atoms with Gasteiger partial charge in [-0.2, -0.15) is 0 Å². The Morgan fingerprint density at radius 1 is 0.958 bits per heavy atom. The average Bonchev–Trinajstić information content (AvgIpc) is 2.67. The molecule has 0 aromatic heterocycles. The second kappa shape index (κ2) is 12.7. The minimum Gasteiger partial charge on any atom is -0.369 e. The van der Waals surface area contributed by atoms with Crippen molar-refractivity contribution >= 4 is 14.9 Å². The van der Waals surface area contributed by atoms with E-state index in [1.54, 1.807) is 0 Å². The van der Waals surface area contributed by atoms with Gasteiger partial charge in [-0.1, -0.05) is 45.1 Å². The summed E-state index contributed by atoms with van der Waals surface area (Å²) in [5, 5.41) is 0. The highest BCUT2D eigenvalue weighted by Crippen LogP contribution is 2.28. The molecule has 0 spiro atoms. The van der Waals surface area contributed by atoms with Gasteiger partial charge in [0.1, 0.15) is 0 Å². The minimum absolute atomic E-state index is 0.681. The molecule has 2 aliphatic heterocycles. The molecule has 2 aliphatic rings. The highest BCUT2D eigenvalue weighted by Gasteiger charge is 2.27. The predicted octanol–water partition coefficient (Wildman–Crippen LogP) is 5.29. The van der Waals surface area contributed by atoms with Crippen LogP contribution in [0.1, 0.15) is 52.9 Å². The third-order valence-corrected chi connectivity index (χ3v) is 5.04. The van der Waals surface area contributed by atoms with Gasteiger partial charge in [-0.3, -0.25) is 0 Å². The summed E-state index contributed by atoms with van der Waals surface area (Å²) in [6, 6.07) is 11.6. The lowest BCUT2D eigenvalue weighted by atomic mass is 9.90. The van der Waals surface area contributed by atoms with Crippen molar-refractivity contribution in [2.24, 2.45) is 5.92 Å². The van der Waals surface area contributed by atoms with E-state index in [4.69, 9.17) is 0 Å². The van der Waals surface area contributed by atoms with Crippen molar-refractivity contribution in [2.75, 3.05) is 37.7 Å². The van der Waals surface area contributed by atoms with Gasteiger partial charge in [0.25, 0.3) is 0 Å². The first kappa shape index (κ1) is 21.5. The number of hydrogen-bond acceptors (Lipinski definition) is 2. The molecule has 0 saturated carbocycles. The van der Waals surface area contributed by atoms with Gasteiger partial charge < -0.3 is 9.80 Å².